The quantitative estimate of drug-likeness (QED) is 0.747. The number of amides is 1. The first-order chi connectivity index (χ1) is 6.19. The number of benzene rings is 1. The lowest BCUT2D eigenvalue weighted by Crippen LogP contribution is -2.14. The molecule has 0 radical (unpaired) electrons. The van der Waals surface area contributed by atoms with Gasteiger partial charge in [0.1, 0.15) is 0 Å². The first kappa shape index (κ1) is 10.0. The largest absolute Gasteiger partial charge is 0.326 e. The fourth-order valence-corrected chi connectivity index (χ4v) is 1.36. The highest BCUT2D eigenvalue weighted by Gasteiger charge is 2.04. The highest BCUT2D eigenvalue weighted by molar-refractivity contribution is 6.33. The molecule has 13 heavy (non-hydrogen) atoms. The molecule has 0 aliphatic heterocycles. The molecule has 1 amide bonds. The number of anilines is 1. The Kier molecular flexibility index (Phi) is 3.28. The van der Waals surface area contributed by atoms with Crippen LogP contribution in [0, 0.1) is 0 Å². The van der Waals surface area contributed by atoms with Crippen LogP contribution in [0.15, 0.2) is 18.2 Å². The average Bonchev–Trinajstić information content (AvgIpc) is 2.16. The Balaban J connectivity index is 3.04. The third-order valence-electron chi connectivity index (χ3n) is 1.79. The van der Waals surface area contributed by atoms with E-state index in [-0.39, 0.29) is 0 Å². The summed E-state index contributed by atoms with van der Waals surface area (Å²) >= 11 is 5.93. The highest BCUT2D eigenvalue weighted by Crippen LogP contribution is 2.24. The van der Waals surface area contributed by atoms with Crippen molar-refractivity contribution in [3.05, 3.63) is 28.8 Å². The number of rotatable bonds is 3. The van der Waals surface area contributed by atoms with Crippen LogP contribution in [0.4, 0.5) is 5.69 Å². The van der Waals surface area contributed by atoms with Crippen molar-refractivity contribution in [1.29, 1.82) is 0 Å². The van der Waals surface area contributed by atoms with Crippen molar-refractivity contribution in [1.82, 2.24) is 0 Å². The lowest BCUT2D eigenvalue weighted by atomic mass is 10.2. The molecule has 0 saturated heterocycles. The fraction of sp³-hybridized carbons (Fsp3) is 0.222. The van der Waals surface area contributed by atoms with Gasteiger partial charge < -0.3 is 10.6 Å². The van der Waals surface area contributed by atoms with Crippen LogP contribution in [0.25, 0.3) is 0 Å². The van der Waals surface area contributed by atoms with E-state index in [1.807, 2.05) is 6.07 Å². The Morgan fingerprint density at radius 1 is 1.62 bits per heavy atom. The van der Waals surface area contributed by atoms with Crippen molar-refractivity contribution in [2.24, 2.45) is 5.73 Å². The molecule has 0 aliphatic carbocycles. The van der Waals surface area contributed by atoms with Crippen LogP contribution in [0.1, 0.15) is 5.56 Å². The molecule has 4 heteroatoms. The molecule has 2 N–H and O–H groups in total. The molecule has 0 atom stereocenters. The van der Waals surface area contributed by atoms with Crippen LogP contribution >= 0.6 is 11.6 Å². The molecule has 0 saturated carbocycles. The minimum atomic E-state index is 0.449. The summed E-state index contributed by atoms with van der Waals surface area (Å²) in [6, 6.07) is 5.39. The summed E-state index contributed by atoms with van der Waals surface area (Å²) in [4.78, 5) is 11.9. The number of carbonyl (C=O) groups excluding carboxylic acids is 1. The van der Waals surface area contributed by atoms with Crippen molar-refractivity contribution < 1.29 is 4.79 Å². The minimum Gasteiger partial charge on any atom is -0.326 e. The van der Waals surface area contributed by atoms with Crippen molar-refractivity contribution in [3.63, 3.8) is 0 Å². The van der Waals surface area contributed by atoms with Crippen molar-refractivity contribution in [2.75, 3.05) is 11.9 Å². The highest BCUT2D eigenvalue weighted by atomic mass is 35.5. The van der Waals surface area contributed by atoms with Crippen LogP contribution in [-0.4, -0.2) is 13.5 Å². The Morgan fingerprint density at radius 3 is 2.77 bits per heavy atom. The van der Waals surface area contributed by atoms with Crippen LogP contribution in [0.2, 0.25) is 5.02 Å². The molecule has 1 aromatic carbocycles. The Bertz CT molecular complexity index is 314. The lowest BCUT2D eigenvalue weighted by Gasteiger charge is -2.12. The summed E-state index contributed by atoms with van der Waals surface area (Å²) in [7, 11) is 1.65. The second-order valence-corrected chi connectivity index (χ2v) is 3.11. The van der Waals surface area contributed by atoms with Crippen LogP contribution in [0.5, 0.6) is 0 Å². The van der Waals surface area contributed by atoms with Gasteiger partial charge in [0.2, 0.25) is 6.41 Å². The van der Waals surface area contributed by atoms with Gasteiger partial charge in [0, 0.05) is 13.6 Å². The number of hydrogen-bond donors (Lipinski definition) is 1. The predicted molar refractivity (Wildman–Crippen MR) is 53.8 cm³/mol. The topological polar surface area (TPSA) is 46.3 Å². The van der Waals surface area contributed by atoms with Crippen LogP contribution in [-0.2, 0) is 11.3 Å². The molecule has 1 rings (SSSR count). The van der Waals surface area contributed by atoms with Crippen molar-refractivity contribution in [3.8, 4) is 0 Å². The standard InChI is InChI=1S/C9H11ClN2O/c1-12(6-13)9-3-2-7(5-11)4-8(9)10/h2-4,6H,5,11H2,1H3. The van der Waals surface area contributed by atoms with E-state index in [1.54, 1.807) is 19.2 Å². The third-order valence-corrected chi connectivity index (χ3v) is 2.09. The number of hydrogen-bond acceptors (Lipinski definition) is 2. The van der Waals surface area contributed by atoms with E-state index in [4.69, 9.17) is 17.3 Å². The SMILES string of the molecule is CN(C=O)c1ccc(CN)cc1Cl. The number of carbonyl (C=O) groups is 1. The lowest BCUT2D eigenvalue weighted by molar-refractivity contribution is -0.107. The molecule has 0 spiro atoms. The summed E-state index contributed by atoms with van der Waals surface area (Å²) in [5.41, 5.74) is 7.08. The maximum atomic E-state index is 10.5. The van der Waals surface area contributed by atoms with E-state index in [9.17, 15) is 4.79 Å². The first-order valence-corrected chi connectivity index (χ1v) is 4.23. The maximum absolute atomic E-state index is 10.5. The molecule has 0 unspecified atom stereocenters. The zero-order valence-corrected chi connectivity index (χ0v) is 8.08. The summed E-state index contributed by atoms with van der Waals surface area (Å²) < 4.78 is 0. The van der Waals surface area contributed by atoms with Gasteiger partial charge in [-0.05, 0) is 17.7 Å². The van der Waals surface area contributed by atoms with Gasteiger partial charge in [0.25, 0.3) is 0 Å². The van der Waals surface area contributed by atoms with Crippen molar-refractivity contribution >= 4 is 23.7 Å². The number of nitrogens with two attached hydrogens (primary N) is 1. The van der Waals surface area contributed by atoms with Gasteiger partial charge in [0.05, 0.1) is 10.7 Å². The van der Waals surface area contributed by atoms with E-state index in [0.717, 1.165) is 5.56 Å². The van der Waals surface area contributed by atoms with Gasteiger partial charge in [-0.25, -0.2) is 0 Å². The molecule has 0 fully saturated rings. The van der Waals surface area contributed by atoms with E-state index in [0.29, 0.717) is 23.7 Å². The van der Waals surface area contributed by atoms with Crippen molar-refractivity contribution in [2.45, 2.75) is 6.54 Å². The average molecular weight is 199 g/mol. The molecule has 0 bridgehead atoms. The minimum absolute atomic E-state index is 0.449. The predicted octanol–water partition coefficient (Wildman–Crippen LogP) is 1.39. The Hall–Kier alpha value is -1.06. The summed E-state index contributed by atoms with van der Waals surface area (Å²) in [6.07, 6.45) is 0.712. The zero-order chi connectivity index (χ0) is 9.84. The van der Waals surface area contributed by atoms with E-state index in [1.165, 1.54) is 4.90 Å². The first-order valence-electron chi connectivity index (χ1n) is 3.85. The second-order valence-electron chi connectivity index (χ2n) is 2.71. The van der Waals surface area contributed by atoms with Gasteiger partial charge in [-0.2, -0.15) is 0 Å². The molecule has 0 aliphatic rings. The number of nitrogens with zero attached hydrogens (tertiary/aromatic N) is 1. The van der Waals surface area contributed by atoms with Crippen LogP contribution < -0.4 is 10.6 Å². The van der Waals surface area contributed by atoms with E-state index < -0.39 is 0 Å². The molecule has 70 valence electrons. The van der Waals surface area contributed by atoms with Gasteiger partial charge in [-0.3, -0.25) is 4.79 Å². The van der Waals surface area contributed by atoms with Gasteiger partial charge in [-0.1, -0.05) is 17.7 Å². The molecule has 0 heterocycles. The zero-order valence-electron chi connectivity index (χ0n) is 7.33. The van der Waals surface area contributed by atoms with Gasteiger partial charge in [0.15, 0.2) is 0 Å². The molecule has 3 nitrogen and oxygen atoms in total. The van der Waals surface area contributed by atoms with Crippen LogP contribution in [0.3, 0.4) is 0 Å². The Labute approximate surface area is 82.1 Å². The Morgan fingerprint density at radius 2 is 2.31 bits per heavy atom. The normalized spacial score (nSPS) is 9.77. The monoisotopic (exact) mass is 198 g/mol. The summed E-state index contributed by atoms with van der Waals surface area (Å²) in [5.74, 6) is 0. The molecule has 1 aromatic rings. The molecule has 0 aromatic heterocycles. The molecular formula is C9H11ClN2O. The van der Waals surface area contributed by atoms with Gasteiger partial charge in [-0.15, -0.1) is 0 Å². The maximum Gasteiger partial charge on any atom is 0.213 e. The molecular weight excluding hydrogens is 188 g/mol. The summed E-state index contributed by atoms with van der Waals surface area (Å²) in [6.45, 7) is 0.449. The summed E-state index contributed by atoms with van der Waals surface area (Å²) in [5, 5.41) is 0.539. The fourth-order valence-electron chi connectivity index (χ4n) is 1.02. The van der Waals surface area contributed by atoms with E-state index >= 15 is 0 Å². The third kappa shape index (κ3) is 2.20. The second kappa shape index (κ2) is 4.25. The smallest absolute Gasteiger partial charge is 0.213 e. The number of halogens is 1. The van der Waals surface area contributed by atoms with Gasteiger partial charge >= 0.3 is 0 Å². The van der Waals surface area contributed by atoms with E-state index in [2.05, 4.69) is 0 Å².